The highest BCUT2D eigenvalue weighted by atomic mass is 32.2. The number of anilines is 1. The van der Waals surface area contributed by atoms with Gasteiger partial charge in [0.1, 0.15) is 5.75 Å². The van der Waals surface area contributed by atoms with Crippen LogP contribution in [-0.4, -0.2) is 13.5 Å². The quantitative estimate of drug-likeness (QED) is 0.896. The van der Waals surface area contributed by atoms with E-state index >= 15 is 0 Å². The highest BCUT2D eigenvalue weighted by molar-refractivity contribution is 7.91. The van der Waals surface area contributed by atoms with Crippen LogP contribution in [0.4, 0.5) is 5.69 Å². The first-order chi connectivity index (χ1) is 11.4. The Morgan fingerprint density at radius 3 is 2.50 bits per heavy atom. The fraction of sp³-hybridized carbons (Fsp3) is 0.222. The zero-order valence-corrected chi connectivity index (χ0v) is 14.5. The first-order valence-electron chi connectivity index (χ1n) is 7.73. The van der Waals surface area contributed by atoms with E-state index in [4.69, 9.17) is 0 Å². The summed E-state index contributed by atoms with van der Waals surface area (Å²) in [4.78, 5) is 0. The minimum Gasteiger partial charge on any atom is -0.506 e. The molecule has 0 amide bonds. The number of benzene rings is 2. The van der Waals surface area contributed by atoms with E-state index in [0.29, 0.717) is 0 Å². The van der Waals surface area contributed by atoms with Gasteiger partial charge in [0.25, 0.3) is 0 Å². The zero-order valence-electron chi connectivity index (χ0n) is 13.7. The molecule has 0 radical (unpaired) electrons. The summed E-state index contributed by atoms with van der Waals surface area (Å²) in [5.41, 5.74) is 4.98. The van der Waals surface area contributed by atoms with E-state index in [1.54, 1.807) is 12.1 Å². The van der Waals surface area contributed by atoms with Crippen molar-refractivity contribution in [2.75, 3.05) is 4.31 Å². The molecule has 1 aliphatic heterocycles. The molecule has 1 aliphatic rings. The number of aromatic hydroxyl groups is 1. The van der Waals surface area contributed by atoms with Crippen molar-refractivity contribution in [1.82, 2.24) is 4.72 Å². The van der Waals surface area contributed by atoms with E-state index in [0.717, 1.165) is 22.7 Å². The molecule has 6 heteroatoms. The number of nitrogens with one attached hydrogen (secondary N) is 1. The van der Waals surface area contributed by atoms with Crippen LogP contribution in [0.1, 0.15) is 22.3 Å². The largest absolute Gasteiger partial charge is 0.506 e. The molecule has 1 heterocycles. The summed E-state index contributed by atoms with van der Waals surface area (Å²) in [5, 5.41) is 10.2. The van der Waals surface area contributed by atoms with Crippen molar-refractivity contribution < 1.29 is 13.5 Å². The molecule has 24 heavy (non-hydrogen) atoms. The highest BCUT2D eigenvalue weighted by Gasteiger charge is 2.25. The van der Waals surface area contributed by atoms with Crippen LogP contribution in [0.2, 0.25) is 0 Å². The first kappa shape index (κ1) is 16.4. The molecular formula is C18H20N2O3S. The molecule has 5 nitrogen and oxygen atoms in total. The normalized spacial score (nSPS) is 15.5. The molecule has 0 atom stereocenters. The van der Waals surface area contributed by atoms with Gasteiger partial charge in [-0.25, -0.2) is 4.31 Å². The molecule has 0 saturated heterocycles. The summed E-state index contributed by atoms with van der Waals surface area (Å²) in [7, 11) is -3.63. The fourth-order valence-electron chi connectivity index (χ4n) is 2.85. The zero-order chi connectivity index (χ0) is 17.3. The van der Waals surface area contributed by atoms with Crippen LogP contribution in [0, 0.1) is 13.8 Å². The standard InChI is InChI=1S/C18H20N2O3S/c1-13-3-6-16(14(2)11-13)7-4-15-5-8-17(18(21)12-15)20-10-9-19-24(20,22)23/h3,5-6,8-12,19,21H,4,7H2,1-2H3. The third-order valence-corrected chi connectivity index (χ3v) is 5.41. The predicted molar refractivity (Wildman–Crippen MR) is 95.1 cm³/mol. The summed E-state index contributed by atoms with van der Waals surface area (Å²) in [6.07, 6.45) is 4.34. The van der Waals surface area contributed by atoms with Gasteiger partial charge in [-0.1, -0.05) is 29.8 Å². The van der Waals surface area contributed by atoms with Gasteiger partial charge in [-0.05, 0) is 55.5 Å². The van der Waals surface area contributed by atoms with Gasteiger partial charge in [0.05, 0.1) is 5.69 Å². The van der Waals surface area contributed by atoms with Crippen LogP contribution in [0.3, 0.4) is 0 Å². The Morgan fingerprint density at radius 2 is 1.88 bits per heavy atom. The molecule has 0 fully saturated rings. The molecule has 0 aromatic heterocycles. The van der Waals surface area contributed by atoms with Crippen molar-refractivity contribution >= 4 is 15.9 Å². The highest BCUT2D eigenvalue weighted by Crippen LogP contribution is 2.32. The Hall–Kier alpha value is -2.47. The van der Waals surface area contributed by atoms with Crippen LogP contribution in [0.25, 0.3) is 0 Å². The van der Waals surface area contributed by atoms with Crippen molar-refractivity contribution in [3.63, 3.8) is 0 Å². The monoisotopic (exact) mass is 344 g/mol. The minimum atomic E-state index is -3.63. The molecule has 3 rings (SSSR count). The van der Waals surface area contributed by atoms with Crippen molar-refractivity contribution in [1.29, 1.82) is 0 Å². The smallest absolute Gasteiger partial charge is 0.327 e. The second kappa shape index (κ2) is 6.20. The summed E-state index contributed by atoms with van der Waals surface area (Å²) >= 11 is 0. The SMILES string of the molecule is Cc1ccc(CCc2ccc(N3C=CNS3(=O)=O)c(O)c2)c(C)c1. The Morgan fingerprint density at radius 1 is 1.08 bits per heavy atom. The van der Waals surface area contributed by atoms with Gasteiger partial charge < -0.3 is 5.11 Å². The summed E-state index contributed by atoms with van der Waals surface area (Å²) < 4.78 is 26.9. The molecule has 126 valence electrons. The van der Waals surface area contributed by atoms with E-state index in [9.17, 15) is 13.5 Å². The van der Waals surface area contributed by atoms with E-state index in [2.05, 4.69) is 36.8 Å². The lowest BCUT2D eigenvalue weighted by Crippen LogP contribution is -2.28. The number of phenols is 1. The Labute approximate surface area is 142 Å². The first-order valence-corrected chi connectivity index (χ1v) is 9.17. The summed E-state index contributed by atoms with van der Waals surface area (Å²) in [6.45, 7) is 4.17. The predicted octanol–water partition coefficient (Wildman–Crippen LogP) is 2.92. The maximum absolute atomic E-state index is 11.8. The Kier molecular flexibility index (Phi) is 4.24. The van der Waals surface area contributed by atoms with E-state index in [1.807, 2.05) is 6.07 Å². The van der Waals surface area contributed by atoms with Crippen molar-refractivity contribution in [3.8, 4) is 5.75 Å². The summed E-state index contributed by atoms with van der Waals surface area (Å²) in [6, 6.07) is 11.5. The molecule has 2 N–H and O–H groups in total. The molecule has 0 aliphatic carbocycles. The van der Waals surface area contributed by atoms with Gasteiger partial charge in [-0.15, -0.1) is 0 Å². The minimum absolute atomic E-state index is 0.0509. The number of rotatable bonds is 4. The van der Waals surface area contributed by atoms with Crippen molar-refractivity contribution in [2.45, 2.75) is 26.7 Å². The second-order valence-electron chi connectivity index (χ2n) is 5.99. The Balaban J connectivity index is 1.77. The third kappa shape index (κ3) is 3.23. The number of aryl methyl sites for hydroxylation is 4. The van der Waals surface area contributed by atoms with Crippen LogP contribution in [0.15, 0.2) is 48.8 Å². The molecule has 0 spiro atoms. The molecule has 2 aromatic rings. The Bertz CT molecular complexity index is 904. The van der Waals surface area contributed by atoms with Gasteiger partial charge in [0, 0.05) is 12.4 Å². The van der Waals surface area contributed by atoms with Gasteiger partial charge >= 0.3 is 10.2 Å². The van der Waals surface area contributed by atoms with Crippen LogP contribution >= 0.6 is 0 Å². The number of hydrogen-bond acceptors (Lipinski definition) is 3. The van der Waals surface area contributed by atoms with Gasteiger partial charge in [0.2, 0.25) is 0 Å². The summed E-state index contributed by atoms with van der Waals surface area (Å²) in [5.74, 6) is -0.0509. The average Bonchev–Trinajstić information content (AvgIpc) is 2.86. The van der Waals surface area contributed by atoms with Crippen molar-refractivity contribution in [3.05, 3.63) is 71.1 Å². The van der Waals surface area contributed by atoms with Crippen LogP contribution < -0.4 is 9.03 Å². The fourth-order valence-corrected chi connectivity index (χ4v) is 3.83. The van der Waals surface area contributed by atoms with Gasteiger partial charge in [-0.3, -0.25) is 4.72 Å². The maximum Gasteiger partial charge on any atom is 0.327 e. The van der Waals surface area contributed by atoms with E-state index < -0.39 is 10.2 Å². The van der Waals surface area contributed by atoms with Gasteiger partial charge in [-0.2, -0.15) is 8.42 Å². The number of nitrogens with zero attached hydrogens (tertiary/aromatic N) is 1. The molecular weight excluding hydrogens is 324 g/mol. The van der Waals surface area contributed by atoms with Crippen LogP contribution in [0.5, 0.6) is 5.75 Å². The lowest BCUT2D eigenvalue weighted by Gasteiger charge is -2.16. The lowest BCUT2D eigenvalue weighted by molar-refractivity contribution is 0.475. The molecule has 0 bridgehead atoms. The van der Waals surface area contributed by atoms with Crippen LogP contribution in [-0.2, 0) is 23.1 Å². The van der Waals surface area contributed by atoms with E-state index in [1.165, 1.54) is 29.1 Å². The molecule has 0 unspecified atom stereocenters. The van der Waals surface area contributed by atoms with Crippen molar-refractivity contribution in [2.24, 2.45) is 0 Å². The maximum atomic E-state index is 11.8. The molecule has 0 saturated carbocycles. The lowest BCUT2D eigenvalue weighted by atomic mass is 9.99. The average molecular weight is 344 g/mol. The number of phenolic OH excluding ortho intramolecular Hbond substituents is 1. The molecule has 2 aromatic carbocycles. The third-order valence-electron chi connectivity index (χ3n) is 4.14. The van der Waals surface area contributed by atoms with Gasteiger partial charge in [0.15, 0.2) is 0 Å². The van der Waals surface area contributed by atoms with E-state index in [-0.39, 0.29) is 11.4 Å². The topological polar surface area (TPSA) is 69.6 Å². The second-order valence-corrected chi connectivity index (χ2v) is 7.57. The number of hydrogen-bond donors (Lipinski definition) is 2.